The van der Waals surface area contributed by atoms with E-state index in [0.717, 1.165) is 10.7 Å². The molecule has 0 bridgehead atoms. The van der Waals surface area contributed by atoms with Crippen LogP contribution in [0.4, 0.5) is 4.79 Å². The number of hydrogen-bond donors (Lipinski definition) is 1. The van der Waals surface area contributed by atoms with Crippen molar-refractivity contribution in [1.82, 2.24) is 4.90 Å². The van der Waals surface area contributed by atoms with Crippen molar-refractivity contribution >= 4 is 24.3 Å². The molecule has 1 N–H and O–H groups in total. The summed E-state index contributed by atoms with van der Waals surface area (Å²) in [6.45, 7) is 5.83. The van der Waals surface area contributed by atoms with E-state index in [1.54, 1.807) is 11.8 Å². The van der Waals surface area contributed by atoms with Crippen LogP contribution in [0.2, 0.25) is 0 Å². The number of amides is 2. The van der Waals surface area contributed by atoms with Crippen molar-refractivity contribution in [2.24, 2.45) is 5.41 Å². The Morgan fingerprint density at radius 3 is 2.33 bits per heavy atom. The van der Waals surface area contributed by atoms with E-state index < -0.39 is 6.09 Å². The molecule has 5 heteroatoms. The first-order valence-electron chi connectivity index (χ1n) is 4.80. The number of hydrogen-bond acceptors (Lipinski definition) is 3. The molecule has 0 radical (unpaired) electrons. The number of thioether (sulfide) groups is 1. The van der Waals surface area contributed by atoms with Crippen molar-refractivity contribution in [2.75, 3.05) is 12.0 Å². The van der Waals surface area contributed by atoms with Crippen molar-refractivity contribution in [3.8, 4) is 0 Å². The first kappa shape index (κ1) is 14.3. The van der Waals surface area contributed by atoms with Crippen molar-refractivity contribution in [3.05, 3.63) is 0 Å². The second-order valence-electron chi connectivity index (χ2n) is 4.46. The first-order chi connectivity index (χ1) is 6.84. The van der Waals surface area contributed by atoms with Crippen LogP contribution < -0.4 is 0 Å². The fourth-order valence-electron chi connectivity index (χ4n) is 1.47. The predicted octanol–water partition coefficient (Wildman–Crippen LogP) is 2.29. The van der Waals surface area contributed by atoms with Crippen LogP contribution in [0.1, 0.15) is 27.2 Å². The molecule has 1 unspecified atom stereocenters. The standard InChI is InChI=1S/C10H19NO3S/c1-10(2,3)8(5-6-15-4)11(7-12)9(13)14/h7-8H,5-6H2,1-4H3,(H,13,14). The maximum atomic E-state index is 10.9. The second-order valence-corrected chi connectivity index (χ2v) is 5.44. The highest BCUT2D eigenvalue weighted by molar-refractivity contribution is 7.98. The Bertz CT molecular complexity index is 225. The summed E-state index contributed by atoms with van der Waals surface area (Å²) in [5.41, 5.74) is -0.227. The summed E-state index contributed by atoms with van der Waals surface area (Å²) in [6, 6.07) is -0.264. The molecule has 2 amide bonds. The third-order valence-corrected chi connectivity index (χ3v) is 2.91. The number of carbonyl (C=O) groups is 2. The van der Waals surface area contributed by atoms with Crippen molar-refractivity contribution in [3.63, 3.8) is 0 Å². The lowest BCUT2D eigenvalue weighted by Crippen LogP contribution is -2.46. The van der Waals surface area contributed by atoms with E-state index in [9.17, 15) is 9.59 Å². The maximum absolute atomic E-state index is 10.9. The topological polar surface area (TPSA) is 57.6 Å². The number of nitrogens with zero attached hydrogens (tertiary/aromatic N) is 1. The van der Waals surface area contributed by atoms with E-state index in [1.807, 2.05) is 27.0 Å². The number of rotatable bonds is 5. The van der Waals surface area contributed by atoms with Crippen LogP contribution >= 0.6 is 11.8 Å². The van der Waals surface area contributed by atoms with Gasteiger partial charge in [0.15, 0.2) is 0 Å². The quantitative estimate of drug-likeness (QED) is 0.740. The van der Waals surface area contributed by atoms with Gasteiger partial charge in [-0.15, -0.1) is 0 Å². The van der Waals surface area contributed by atoms with E-state index in [-0.39, 0.29) is 11.5 Å². The highest BCUT2D eigenvalue weighted by Crippen LogP contribution is 2.27. The van der Waals surface area contributed by atoms with Crippen molar-refractivity contribution < 1.29 is 14.7 Å². The third kappa shape index (κ3) is 4.55. The summed E-state index contributed by atoms with van der Waals surface area (Å²) in [5.74, 6) is 0.847. The summed E-state index contributed by atoms with van der Waals surface area (Å²) < 4.78 is 0. The predicted molar refractivity (Wildman–Crippen MR) is 62.2 cm³/mol. The molecule has 1 atom stereocenters. The molecule has 0 aliphatic heterocycles. The molecule has 88 valence electrons. The van der Waals surface area contributed by atoms with Crippen LogP contribution in [0, 0.1) is 5.41 Å². The molecule has 0 aromatic carbocycles. The minimum Gasteiger partial charge on any atom is -0.465 e. The first-order valence-corrected chi connectivity index (χ1v) is 6.19. The van der Waals surface area contributed by atoms with Gasteiger partial charge in [-0.05, 0) is 23.8 Å². The van der Waals surface area contributed by atoms with Gasteiger partial charge in [-0.3, -0.25) is 4.79 Å². The van der Waals surface area contributed by atoms with Crippen LogP contribution in [0.5, 0.6) is 0 Å². The van der Waals surface area contributed by atoms with Gasteiger partial charge < -0.3 is 5.11 Å². The van der Waals surface area contributed by atoms with Gasteiger partial charge in [-0.2, -0.15) is 11.8 Å². The van der Waals surface area contributed by atoms with E-state index in [0.29, 0.717) is 12.8 Å². The van der Waals surface area contributed by atoms with Crippen molar-refractivity contribution in [1.29, 1.82) is 0 Å². The number of carbonyl (C=O) groups excluding carboxylic acids is 1. The molecular formula is C10H19NO3S. The van der Waals surface area contributed by atoms with E-state index in [4.69, 9.17) is 5.11 Å². The molecule has 0 heterocycles. The average Bonchev–Trinajstić information content (AvgIpc) is 2.09. The van der Waals surface area contributed by atoms with Gasteiger partial charge in [0, 0.05) is 6.04 Å². The fraction of sp³-hybridized carbons (Fsp3) is 0.800. The molecule has 15 heavy (non-hydrogen) atoms. The molecular weight excluding hydrogens is 214 g/mol. The molecule has 0 spiro atoms. The van der Waals surface area contributed by atoms with Gasteiger partial charge in [0.1, 0.15) is 0 Å². The number of imide groups is 1. The zero-order valence-corrected chi connectivity index (χ0v) is 10.5. The minimum atomic E-state index is -1.17. The Kier molecular flexibility index (Phi) is 5.72. The molecule has 4 nitrogen and oxygen atoms in total. The van der Waals surface area contributed by atoms with Crippen LogP contribution in [-0.2, 0) is 4.79 Å². The smallest absolute Gasteiger partial charge is 0.414 e. The molecule has 0 rings (SSSR count). The van der Waals surface area contributed by atoms with Crippen LogP contribution in [0.3, 0.4) is 0 Å². The maximum Gasteiger partial charge on any atom is 0.414 e. The Morgan fingerprint density at radius 2 is 2.07 bits per heavy atom. The average molecular weight is 233 g/mol. The summed E-state index contributed by atoms with van der Waals surface area (Å²) in [4.78, 5) is 22.5. The summed E-state index contributed by atoms with van der Waals surface area (Å²) in [5, 5.41) is 8.89. The van der Waals surface area contributed by atoms with E-state index in [2.05, 4.69) is 0 Å². The monoisotopic (exact) mass is 233 g/mol. The molecule has 0 saturated heterocycles. The van der Waals surface area contributed by atoms with Crippen LogP contribution in [-0.4, -0.2) is 40.6 Å². The molecule has 0 saturated carbocycles. The van der Waals surface area contributed by atoms with Gasteiger partial charge in [0.05, 0.1) is 0 Å². The van der Waals surface area contributed by atoms with E-state index >= 15 is 0 Å². The Labute approximate surface area is 95.0 Å². The van der Waals surface area contributed by atoms with Crippen LogP contribution in [0.25, 0.3) is 0 Å². The number of carboxylic acid groups (broad SMARTS) is 1. The summed E-state index contributed by atoms with van der Waals surface area (Å²) in [6.07, 6.45) is 1.88. The third-order valence-electron chi connectivity index (χ3n) is 2.27. The highest BCUT2D eigenvalue weighted by atomic mass is 32.2. The van der Waals surface area contributed by atoms with Crippen LogP contribution in [0.15, 0.2) is 0 Å². The van der Waals surface area contributed by atoms with Gasteiger partial charge in [0.2, 0.25) is 6.41 Å². The lowest BCUT2D eigenvalue weighted by atomic mass is 9.84. The molecule has 0 aliphatic rings. The molecule has 0 aromatic heterocycles. The van der Waals surface area contributed by atoms with Gasteiger partial charge in [-0.25, -0.2) is 9.69 Å². The van der Waals surface area contributed by atoms with E-state index in [1.165, 1.54) is 0 Å². The molecule has 0 aliphatic carbocycles. The zero-order chi connectivity index (χ0) is 12.1. The lowest BCUT2D eigenvalue weighted by Gasteiger charge is -2.35. The fourth-order valence-corrected chi connectivity index (χ4v) is 1.93. The SMILES string of the molecule is CSCCC(N(C=O)C(=O)O)C(C)(C)C. The zero-order valence-electron chi connectivity index (χ0n) is 9.69. The van der Waals surface area contributed by atoms with Crippen molar-refractivity contribution in [2.45, 2.75) is 33.2 Å². The molecule has 0 aromatic rings. The summed E-state index contributed by atoms with van der Waals surface area (Å²) in [7, 11) is 0. The lowest BCUT2D eigenvalue weighted by molar-refractivity contribution is -0.120. The minimum absolute atomic E-state index is 0.227. The summed E-state index contributed by atoms with van der Waals surface area (Å²) >= 11 is 1.65. The largest absolute Gasteiger partial charge is 0.465 e. The van der Waals surface area contributed by atoms with Gasteiger partial charge in [0.25, 0.3) is 0 Å². The Morgan fingerprint density at radius 1 is 1.53 bits per heavy atom. The second kappa shape index (κ2) is 6.00. The van der Waals surface area contributed by atoms with Gasteiger partial charge >= 0.3 is 6.09 Å². The Balaban J connectivity index is 4.74. The normalized spacial score (nSPS) is 13.3. The Hall–Kier alpha value is -0.710. The highest BCUT2D eigenvalue weighted by Gasteiger charge is 2.32. The molecule has 0 fully saturated rings. The van der Waals surface area contributed by atoms with Gasteiger partial charge in [-0.1, -0.05) is 20.8 Å².